The predicted molar refractivity (Wildman–Crippen MR) is 123 cm³/mol. The van der Waals surface area contributed by atoms with Gasteiger partial charge in [0.1, 0.15) is 36.2 Å². The number of nitrogens with two attached hydrogens (primary N) is 1. The summed E-state index contributed by atoms with van der Waals surface area (Å²) >= 11 is 1.55. The molecule has 5 atom stereocenters. The maximum atomic E-state index is 11.3. The quantitative estimate of drug-likeness (QED) is 0.185. The highest BCUT2D eigenvalue weighted by Crippen LogP contribution is 2.31. The number of imidazole rings is 1. The first-order valence-electron chi connectivity index (χ1n) is 10.4. The van der Waals surface area contributed by atoms with Gasteiger partial charge in [0.15, 0.2) is 17.7 Å². The highest BCUT2D eigenvalue weighted by molar-refractivity contribution is 7.98. The summed E-state index contributed by atoms with van der Waals surface area (Å²) in [6.45, 7) is 0.0732. The molecule has 35 heavy (non-hydrogen) atoms. The van der Waals surface area contributed by atoms with Crippen LogP contribution in [0.5, 0.6) is 0 Å². The summed E-state index contributed by atoms with van der Waals surface area (Å²) in [6, 6.07) is -0.758. The van der Waals surface area contributed by atoms with Crippen LogP contribution in [0.25, 0.3) is 11.2 Å². The average molecular weight is 517 g/mol. The Labute approximate surface area is 203 Å². The van der Waals surface area contributed by atoms with Gasteiger partial charge in [0, 0.05) is 6.54 Å². The van der Waals surface area contributed by atoms with Gasteiger partial charge in [0.05, 0.1) is 19.2 Å². The topological polar surface area (TPSA) is 243 Å². The van der Waals surface area contributed by atoms with Crippen molar-refractivity contribution in [2.75, 3.05) is 24.3 Å². The lowest BCUT2D eigenvalue weighted by Crippen LogP contribution is -2.44. The molecule has 15 nitrogen and oxygen atoms in total. The summed E-state index contributed by atoms with van der Waals surface area (Å²) in [5, 5.41) is 48.7. The van der Waals surface area contributed by atoms with Crippen LogP contribution < -0.4 is 11.1 Å². The number of nitrogens with one attached hydrogen (secondary N) is 1. The second-order valence-corrected chi connectivity index (χ2v) is 8.48. The highest BCUT2D eigenvalue weighted by atomic mass is 32.2. The molecule has 0 radical (unpaired) electrons. The third-order valence-electron chi connectivity index (χ3n) is 5.03. The molecule has 0 unspecified atom stereocenters. The molecule has 1 aliphatic heterocycles. The summed E-state index contributed by atoms with van der Waals surface area (Å²) in [5.41, 5.74) is 6.50. The molecule has 0 amide bonds. The zero-order valence-corrected chi connectivity index (χ0v) is 19.5. The molecule has 1 saturated heterocycles. The summed E-state index contributed by atoms with van der Waals surface area (Å²) in [6.07, 6.45) is 0.265. The first-order valence-corrected chi connectivity index (χ1v) is 11.8. The number of hydrogen-bond acceptors (Lipinski definition) is 12. The Morgan fingerprint density at radius 3 is 2.37 bits per heavy atom. The maximum Gasteiger partial charge on any atom is 0.320 e. The number of aliphatic carboxylic acids is 3. The van der Waals surface area contributed by atoms with E-state index in [1.165, 1.54) is 17.2 Å². The minimum Gasteiger partial charge on any atom is -0.481 e. The molecule has 0 spiro atoms. The third-order valence-corrected chi connectivity index (χ3v) is 5.67. The van der Waals surface area contributed by atoms with Crippen molar-refractivity contribution >= 4 is 46.7 Å². The summed E-state index contributed by atoms with van der Waals surface area (Å²) in [4.78, 5) is 42.7. The van der Waals surface area contributed by atoms with E-state index >= 15 is 0 Å². The molecular weight excluding hydrogens is 488 g/mol. The highest BCUT2D eigenvalue weighted by Gasteiger charge is 2.44. The molecule has 194 valence electrons. The Kier molecular flexibility index (Phi) is 10.6. The van der Waals surface area contributed by atoms with Crippen LogP contribution in [-0.2, 0) is 19.1 Å². The van der Waals surface area contributed by atoms with Crippen molar-refractivity contribution in [1.82, 2.24) is 24.8 Å². The first kappa shape index (κ1) is 28.2. The number of carbonyl (C=O) groups is 3. The number of hydrogen-bond donors (Lipinski definition) is 7. The van der Waals surface area contributed by atoms with Crippen molar-refractivity contribution in [2.45, 2.75) is 49.8 Å². The van der Waals surface area contributed by atoms with Crippen LogP contribution in [0, 0.1) is 0 Å². The Morgan fingerprint density at radius 2 is 1.80 bits per heavy atom. The largest absolute Gasteiger partial charge is 0.481 e. The van der Waals surface area contributed by atoms with Gasteiger partial charge in [0.25, 0.3) is 0 Å². The lowest BCUT2D eigenvalue weighted by Gasteiger charge is -2.19. The number of carboxylic acid groups (broad SMARTS) is 3. The van der Waals surface area contributed by atoms with Gasteiger partial charge in [-0.2, -0.15) is 11.8 Å². The number of aliphatic hydroxyl groups is 2. The molecule has 0 saturated carbocycles. The van der Waals surface area contributed by atoms with Crippen LogP contribution in [0.3, 0.4) is 0 Å². The molecule has 2 aromatic heterocycles. The normalized spacial score (nSPS) is 22.4. The average Bonchev–Trinajstić information content (AvgIpc) is 3.35. The number of nitrogen functional groups attached to an aromatic ring is 1. The fraction of sp³-hybridized carbons (Fsp3) is 0.579. The summed E-state index contributed by atoms with van der Waals surface area (Å²) in [7, 11) is 0. The second kappa shape index (κ2) is 13.1. The zero-order chi connectivity index (χ0) is 26.1. The van der Waals surface area contributed by atoms with E-state index in [0.717, 1.165) is 0 Å². The molecule has 0 bridgehead atoms. The van der Waals surface area contributed by atoms with E-state index < -0.39 is 48.5 Å². The van der Waals surface area contributed by atoms with Crippen molar-refractivity contribution in [3.63, 3.8) is 0 Å². The lowest BCUT2D eigenvalue weighted by molar-refractivity contribution is -0.143. The van der Waals surface area contributed by atoms with Crippen molar-refractivity contribution in [3.8, 4) is 0 Å². The van der Waals surface area contributed by atoms with Crippen molar-refractivity contribution in [3.05, 3.63) is 12.7 Å². The van der Waals surface area contributed by atoms with Crippen LogP contribution >= 0.6 is 11.8 Å². The Balaban J connectivity index is 0.000000466. The van der Waals surface area contributed by atoms with E-state index in [0.29, 0.717) is 23.3 Å². The number of fused-ring (bicyclic) bond motifs is 1. The third kappa shape index (κ3) is 7.72. The molecular formula is C19H28N6O9S. The van der Waals surface area contributed by atoms with Crippen LogP contribution in [0.4, 0.5) is 5.82 Å². The van der Waals surface area contributed by atoms with Crippen LogP contribution in [0.2, 0.25) is 0 Å². The molecule has 1 aliphatic rings. The van der Waals surface area contributed by atoms with Crippen molar-refractivity contribution in [1.29, 1.82) is 0 Å². The number of aromatic nitrogens is 4. The van der Waals surface area contributed by atoms with Gasteiger partial charge in [-0.25, -0.2) is 15.0 Å². The first-order chi connectivity index (χ1) is 16.6. The van der Waals surface area contributed by atoms with E-state index in [4.69, 9.17) is 20.7 Å². The van der Waals surface area contributed by atoms with Crippen LogP contribution in [0.15, 0.2) is 12.7 Å². The second-order valence-electron chi connectivity index (χ2n) is 7.50. The van der Waals surface area contributed by atoms with E-state index in [1.54, 1.807) is 11.8 Å². The molecule has 3 heterocycles. The number of rotatable bonds is 11. The minimum atomic E-state index is -1.24. The SMILES string of the molecule is CSCC[C@H](NC[C@H]1O[C@@H](n2cnc3c(N)ncnc32)[C@H](O)[C@@H]1O)C(=O)O.O=C(O)CCC(=O)O. The monoisotopic (exact) mass is 516 g/mol. The number of aliphatic hydroxyl groups excluding tert-OH is 2. The number of carboxylic acids is 3. The lowest BCUT2D eigenvalue weighted by atomic mass is 10.1. The predicted octanol–water partition coefficient (Wildman–Crippen LogP) is -1.24. The van der Waals surface area contributed by atoms with E-state index in [-0.39, 0.29) is 25.2 Å². The fourth-order valence-corrected chi connectivity index (χ4v) is 3.68. The number of anilines is 1. The van der Waals surface area contributed by atoms with Gasteiger partial charge in [-0.05, 0) is 18.4 Å². The van der Waals surface area contributed by atoms with Crippen LogP contribution in [-0.4, -0.2) is 106 Å². The standard InChI is InChI=1S/C15H22N6O5S.C4H6O4/c1-27-3-2-7(15(24)25)17-4-8-10(22)11(23)14(26-8)21-6-20-9-12(16)18-5-19-13(9)21;5-3(6)1-2-4(7)8/h5-8,10-11,14,17,22-23H,2-4H2,1H3,(H,24,25)(H2,16,18,19);1-2H2,(H,5,6)(H,7,8)/t7-,8+,10+,11+,14+;/m0./s1. The Bertz CT molecular complexity index is 1010. The van der Waals surface area contributed by atoms with Gasteiger partial charge in [-0.1, -0.05) is 0 Å². The molecule has 3 rings (SSSR count). The number of nitrogens with zero attached hydrogens (tertiary/aromatic N) is 4. The van der Waals surface area contributed by atoms with Gasteiger partial charge in [-0.3, -0.25) is 19.0 Å². The van der Waals surface area contributed by atoms with Crippen LogP contribution in [0.1, 0.15) is 25.5 Å². The minimum absolute atomic E-state index is 0.0732. The number of thioether (sulfide) groups is 1. The molecule has 8 N–H and O–H groups in total. The Morgan fingerprint density at radius 1 is 1.14 bits per heavy atom. The summed E-state index contributed by atoms with van der Waals surface area (Å²) < 4.78 is 7.25. The maximum absolute atomic E-state index is 11.3. The van der Waals surface area contributed by atoms with Crippen molar-refractivity contribution < 1.29 is 44.7 Å². The zero-order valence-electron chi connectivity index (χ0n) is 18.7. The molecule has 1 fully saturated rings. The van der Waals surface area contributed by atoms with Gasteiger partial charge >= 0.3 is 17.9 Å². The van der Waals surface area contributed by atoms with Gasteiger partial charge in [-0.15, -0.1) is 0 Å². The molecule has 0 aromatic carbocycles. The number of ether oxygens (including phenoxy) is 1. The summed E-state index contributed by atoms with van der Waals surface area (Å²) in [5.74, 6) is -2.24. The molecule has 16 heteroatoms. The van der Waals surface area contributed by atoms with Gasteiger partial charge < -0.3 is 41.3 Å². The van der Waals surface area contributed by atoms with E-state index in [1.807, 2.05) is 6.26 Å². The van der Waals surface area contributed by atoms with Gasteiger partial charge in [0.2, 0.25) is 0 Å². The molecule has 2 aromatic rings. The Hall–Kier alpha value is -3.05. The van der Waals surface area contributed by atoms with E-state index in [9.17, 15) is 29.7 Å². The van der Waals surface area contributed by atoms with Crippen molar-refractivity contribution in [2.24, 2.45) is 0 Å². The fourth-order valence-electron chi connectivity index (χ4n) is 3.20. The molecule has 0 aliphatic carbocycles. The smallest absolute Gasteiger partial charge is 0.320 e. The van der Waals surface area contributed by atoms with E-state index in [2.05, 4.69) is 20.3 Å².